The summed E-state index contributed by atoms with van der Waals surface area (Å²) in [6.45, 7) is 3.92. The van der Waals surface area contributed by atoms with E-state index in [0.29, 0.717) is 30.4 Å². The number of phenolic OH excluding ortho intramolecular Hbond substituents is 1. The van der Waals surface area contributed by atoms with E-state index >= 15 is 0 Å². The summed E-state index contributed by atoms with van der Waals surface area (Å²) in [7, 11) is 2.68. The molecule has 0 bridgehead atoms. The predicted octanol–water partition coefficient (Wildman–Crippen LogP) is 2.80. The molecule has 0 aliphatic heterocycles. The van der Waals surface area contributed by atoms with E-state index in [0.717, 1.165) is 0 Å². The Morgan fingerprint density at radius 2 is 1.86 bits per heavy atom. The molecular weight excluding hydrogens is 272 g/mol. The largest absolute Gasteiger partial charge is 0.508 e. The van der Waals surface area contributed by atoms with Crippen molar-refractivity contribution >= 4 is 11.9 Å². The Morgan fingerprint density at radius 1 is 1.19 bits per heavy atom. The maximum absolute atomic E-state index is 11.6. The van der Waals surface area contributed by atoms with Crippen molar-refractivity contribution in [2.75, 3.05) is 14.2 Å². The second kappa shape index (κ2) is 7.11. The van der Waals surface area contributed by atoms with Crippen LogP contribution in [0.3, 0.4) is 0 Å². The van der Waals surface area contributed by atoms with Gasteiger partial charge in [0.05, 0.1) is 19.8 Å². The van der Waals surface area contributed by atoms with Crippen LogP contribution < -0.4 is 0 Å². The van der Waals surface area contributed by atoms with Gasteiger partial charge in [-0.3, -0.25) is 4.79 Å². The van der Waals surface area contributed by atoms with Gasteiger partial charge in [0.15, 0.2) is 0 Å². The van der Waals surface area contributed by atoms with Crippen molar-refractivity contribution in [1.82, 2.24) is 0 Å². The molecule has 0 aromatic heterocycles. The minimum atomic E-state index is -0.443. The molecule has 0 saturated heterocycles. The summed E-state index contributed by atoms with van der Waals surface area (Å²) >= 11 is 0. The fourth-order valence-corrected chi connectivity index (χ4v) is 2.23. The van der Waals surface area contributed by atoms with Gasteiger partial charge >= 0.3 is 11.9 Å². The molecule has 0 spiro atoms. The van der Waals surface area contributed by atoms with Crippen LogP contribution >= 0.6 is 0 Å². The van der Waals surface area contributed by atoms with Crippen molar-refractivity contribution in [3.8, 4) is 5.75 Å². The number of esters is 2. The Kier molecular flexibility index (Phi) is 5.76. The highest BCUT2D eigenvalue weighted by atomic mass is 16.5. The number of aromatic hydroxyl groups is 1. The maximum Gasteiger partial charge on any atom is 0.337 e. The zero-order chi connectivity index (χ0) is 16.0. The number of carbonyl (C=O) groups is 2. The van der Waals surface area contributed by atoms with Crippen molar-refractivity contribution < 1.29 is 24.2 Å². The van der Waals surface area contributed by atoms with Gasteiger partial charge in [0.2, 0.25) is 0 Å². The minimum Gasteiger partial charge on any atom is -0.508 e. The molecular formula is C16H22O5. The molecule has 0 aliphatic rings. The zero-order valence-electron chi connectivity index (χ0n) is 12.9. The van der Waals surface area contributed by atoms with Crippen molar-refractivity contribution in [2.24, 2.45) is 0 Å². The number of benzene rings is 1. The molecule has 0 unspecified atom stereocenters. The van der Waals surface area contributed by atoms with E-state index in [1.807, 2.05) is 13.8 Å². The number of ether oxygens (including phenoxy) is 2. The lowest BCUT2D eigenvalue weighted by Crippen LogP contribution is -2.19. The highest BCUT2D eigenvalue weighted by molar-refractivity contribution is 5.89. The predicted molar refractivity (Wildman–Crippen MR) is 78.3 cm³/mol. The van der Waals surface area contributed by atoms with E-state index in [4.69, 9.17) is 0 Å². The number of hydrogen-bond donors (Lipinski definition) is 1. The monoisotopic (exact) mass is 294 g/mol. The smallest absolute Gasteiger partial charge is 0.337 e. The van der Waals surface area contributed by atoms with Gasteiger partial charge in [-0.25, -0.2) is 4.79 Å². The number of carbonyl (C=O) groups excluding carboxylic acids is 2. The van der Waals surface area contributed by atoms with Gasteiger partial charge in [0.1, 0.15) is 5.75 Å². The van der Waals surface area contributed by atoms with Crippen molar-refractivity contribution in [2.45, 2.75) is 38.5 Å². The molecule has 0 saturated carbocycles. The van der Waals surface area contributed by atoms with Crippen LogP contribution in [-0.4, -0.2) is 31.3 Å². The molecule has 5 nitrogen and oxygen atoms in total. The minimum absolute atomic E-state index is 0.130. The molecule has 0 radical (unpaired) electrons. The number of hydrogen-bond acceptors (Lipinski definition) is 5. The summed E-state index contributed by atoms with van der Waals surface area (Å²) in [6, 6.07) is 4.65. The van der Waals surface area contributed by atoms with Gasteiger partial charge < -0.3 is 14.6 Å². The van der Waals surface area contributed by atoms with Gasteiger partial charge in [0.25, 0.3) is 0 Å². The summed E-state index contributed by atoms with van der Waals surface area (Å²) in [4.78, 5) is 22.7. The molecule has 0 fully saturated rings. The van der Waals surface area contributed by atoms with Crippen LogP contribution in [-0.2, 0) is 19.7 Å². The first-order valence-corrected chi connectivity index (χ1v) is 6.80. The summed E-state index contributed by atoms with van der Waals surface area (Å²) in [5.74, 6) is -0.564. The first-order valence-electron chi connectivity index (χ1n) is 6.80. The van der Waals surface area contributed by atoms with Crippen molar-refractivity contribution in [3.63, 3.8) is 0 Å². The molecule has 0 amide bonds. The van der Waals surface area contributed by atoms with E-state index in [-0.39, 0.29) is 17.1 Å². The van der Waals surface area contributed by atoms with Crippen LogP contribution in [0.2, 0.25) is 0 Å². The van der Waals surface area contributed by atoms with Crippen LogP contribution in [0.5, 0.6) is 5.75 Å². The summed E-state index contributed by atoms with van der Waals surface area (Å²) in [6.07, 6.45) is 1.65. The lowest BCUT2D eigenvalue weighted by atomic mass is 9.79. The average Bonchev–Trinajstić information content (AvgIpc) is 2.46. The summed E-state index contributed by atoms with van der Waals surface area (Å²) in [5, 5.41) is 10.0. The number of rotatable bonds is 6. The first-order chi connectivity index (χ1) is 9.81. The Labute approximate surface area is 124 Å². The Morgan fingerprint density at radius 3 is 2.43 bits per heavy atom. The second-order valence-corrected chi connectivity index (χ2v) is 5.54. The molecule has 1 aromatic rings. The Bertz CT molecular complexity index is 519. The van der Waals surface area contributed by atoms with E-state index in [1.54, 1.807) is 6.07 Å². The standard InChI is InChI=1S/C16H22O5/c1-16(2,9-5-6-14(18)20-3)12-10-11(15(19)21-4)7-8-13(12)17/h7-8,10,17H,5-6,9H2,1-4H3. The molecule has 116 valence electrons. The highest BCUT2D eigenvalue weighted by Crippen LogP contribution is 2.35. The first kappa shape index (κ1) is 17.0. The quantitative estimate of drug-likeness (QED) is 0.817. The molecule has 1 aromatic carbocycles. The molecule has 0 heterocycles. The van der Waals surface area contributed by atoms with E-state index in [2.05, 4.69) is 9.47 Å². The van der Waals surface area contributed by atoms with Crippen LogP contribution in [0.25, 0.3) is 0 Å². The van der Waals surface area contributed by atoms with Gasteiger partial charge in [-0.15, -0.1) is 0 Å². The fourth-order valence-electron chi connectivity index (χ4n) is 2.23. The SMILES string of the molecule is COC(=O)CCCC(C)(C)c1cc(C(=O)OC)ccc1O. The van der Waals surface area contributed by atoms with E-state index in [9.17, 15) is 14.7 Å². The van der Waals surface area contributed by atoms with Crippen LogP contribution in [0.15, 0.2) is 18.2 Å². The Balaban J connectivity index is 2.90. The topological polar surface area (TPSA) is 72.8 Å². The lowest BCUT2D eigenvalue weighted by molar-refractivity contribution is -0.140. The number of methoxy groups -OCH3 is 2. The third-order valence-corrected chi connectivity index (χ3v) is 3.56. The van der Waals surface area contributed by atoms with Crippen molar-refractivity contribution in [3.05, 3.63) is 29.3 Å². The molecule has 1 rings (SSSR count). The number of phenols is 1. The highest BCUT2D eigenvalue weighted by Gasteiger charge is 2.25. The normalized spacial score (nSPS) is 11.0. The third kappa shape index (κ3) is 4.48. The van der Waals surface area contributed by atoms with Crippen LogP contribution in [0.4, 0.5) is 0 Å². The van der Waals surface area contributed by atoms with Gasteiger partial charge in [-0.1, -0.05) is 13.8 Å². The van der Waals surface area contributed by atoms with Crippen LogP contribution in [0.1, 0.15) is 49.0 Å². The van der Waals surface area contributed by atoms with Gasteiger partial charge in [0, 0.05) is 12.0 Å². The fraction of sp³-hybridized carbons (Fsp3) is 0.500. The van der Waals surface area contributed by atoms with Crippen LogP contribution in [0, 0.1) is 0 Å². The lowest BCUT2D eigenvalue weighted by Gasteiger charge is -2.26. The summed E-state index contributed by atoms with van der Waals surface area (Å²) in [5.41, 5.74) is 0.684. The van der Waals surface area contributed by atoms with Gasteiger partial charge in [-0.2, -0.15) is 0 Å². The van der Waals surface area contributed by atoms with Gasteiger partial charge in [-0.05, 0) is 36.5 Å². The Hall–Kier alpha value is -2.04. The zero-order valence-corrected chi connectivity index (χ0v) is 12.9. The molecule has 21 heavy (non-hydrogen) atoms. The molecule has 1 N–H and O–H groups in total. The third-order valence-electron chi connectivity index (χ3n) is 3.56. The summed E-state index contributed by atoms with van der Waals surface area (Å²) < 4.78 is 9.30. The van der Waals surface area contributed by atoms with E-state index < -0.39 is 5.97 Å². The molecule has 0 atom stereocenters. The molecule has 5 heteroatoms. The van der Waals surface area contributed by atoms with E-state index in [1.165, 1.54) is 26.4 Å². The average molecular weight is 294 g/mol. The van der Waals surface area contributed by atoms with Crippen molar-refractivity contribution in [1.29, 1.82) is 0 Å². The molecule has 0 aliphatic carbocycles. The second-order valence-electron chi connectivity index (χ2n) is 5.54. The maximum atomic E-state index is 11.6.